The van der Waals surface area contributed by atoms with E-state index in [1.165, 1.54) is 0 Å². The van der Waals surface area contributed by atoms with Crippen LogP contribution in [0.4, 0.5) is 22.1 Å². The molecule has 0 saturated carbocycles. The average Bonchev–Trinajstić information content (AvgIpc) is 3.67. The topological polar surface area (TPSA) is 147 Å². The van der Waals surface area contributed by atoms with Crippen LogP contribution in [0.5, 0.6) is 5.75 Å². The van der Waals surface area contributed by atoms with Gasteiger partial charge in [-0.2, -0.15) is 0 Å². The van der Waals surface area contributed by atoms with E-state index in [0.717, 1.165) is 18.7 Å². The number of amides is 3. The molecule has 2 bridgehead atoms. The number of nitrogens with zero attached hydrogens (tertiary/aromatic N) is 5. The highest BCUT2D eigenvalue weighted by Crippen LogP contribution is 2.39. The van der Waals surface area contributed by atoms with E-state index in [0.29, 0.717) is 43.0 Å². The maximum absolute atomic E-state index is 13.6. The summed E-state index contributed by atoms with van der Waals surface area (Å²) in [6, 6.07) is 6.45. The Morgan fingerprint density at radius 1 is 1.23 bits per heavy atom. The zero-order valence-electron chi connectivity index (χ0n) is 21.7. The highest BCUT2D eigenvalue weighted by Gasteiger charge is 2.40. The van der Waals surface area contributed by atoms with Crippen molar-refractivity contribution in [3.63, 3.8) is 0 Å². The lowest BCUT2D eigenvalue weighted by atomic mass is 10.1. The molecule has 2 atom stereocenters. The Morgan fingerprint density at radius 2 is 2.13 bits per heavy atom. The molecule has 13 nitrogen and oxygen atoms in total. The Kier molecular flexibility index (Phi) is 6.53. The third-order valence-corrected chi connectivity index (χ3v) is 6.84. The van der Waals surface area contributed by atoms with Crippen molar-refractivity contribution in [1.82, 2.24) is 25.3 Å². The molecule has 2 fully saturated rings. The Morgan fingerprint density at radius 3 is 2.92 bits per heavy atom. The normalized spacial score (nSPS) is 21.0. The van der Waals surface area contributed by atoms with Crippen LogP contribution < -0.4 is 25.2 Å². The van der Waals surface area contributed by atoms with Crippen molar-refractivity contribution in [2.24, 2.45) is 0 Å². The molecule has 3 amide bonds. The van der Waals surface area contributed by atoms with Gasteiger partial charge in [-0.1, -0.05) is 0 Å². The van der Waals surface area contributed by atoms with Crippen LogP contribution in [0.15, 0.2) is 42.9 Å². The summed E-state index contributed by atoms with van der Waals surface area (Å²) in [5, 5.41) is 5.68. The minimum Gasteiger partial charge on any atom is -0.491 e. The fourth-order valence-electron chi connectivity index (χ4n) is 5.02. The molecule has 0 aliphatic carbocycles. The van der Waals surface area contributed by atoms with Crippen LogP contribution in [0.2, 0.25) is 0 Å². The van der Waals surface area contributed by atoms with Gasteiger partial charge in [-0.15, -0.1) is 0 Å². The minimum absolute atomic E-state index is 0.0752. The molecule has 0 spiro atoms. The molecular weight excluding hydrogens is 504 g/mol. The Hall–Kier alpha value is -4.23. The van der Waals surface area contributed by atoms with Gasteiger partial charge in [-0.25, -0.2) is 19.7 Å². The lowest BCUT2D eigenvalue weighted by Gasteiger charge is -2.35. The van der Waals surface area contributed by atoms with E-state index < -0.39 is 5.79 Å². The molecule has 6 rings (SSSR count). The van der Waals surface area contributed by atoms with Crippen LogP contribution in [-0.2, 0) is 16.0 Å². The summed E-state index contributed by atoms with van der Waals surface area (Å²) in [7, 11) is 0. The molecule has 3 aliphatic heterocycles. The first-order valence-electron chi connectivity index (χ1n) is 12.9. The average molecular weight is 535 g/mol. The number of carbonyl (C=O) groups excluding carboxylic acids is 2. The van der Waals surface area contributed by atoms with Crippen molar-refractivity contribution in [3.05, 3.63) is 54.4 Å². The highest BCUT2D eigenvalue weighted by molar-refractivity contribution is 6.05. The van der Waals surface area contributed by atoms with Crippen molar-refractivity contribution in [3.8, 4) is 5.75 Å². The van der Waals surface area contributed by atoms with Gasteiger partial charge < -0.3 is 29.4 Å². The molecular formula is C26H30N8O5. The standard InChI is InChI=1S/C26H30N8O5/c1-26(2)38-15-18(39-26)14-37-17-5-7-27-21(11-17)32-25(36)34-16-6-10-33(13-16)20-4-3-19(31-23(20)34)24(35)30-12-22-28-8-9-29-22/h3-5,7-9,11,16,18H,6,10,12-15H2,1-2H3,(H,28,29)(H,30,35)(H,27,32,36)/t16-,18-/m0/s1. The van der Waals surface area contributed by atoms with Crippen molar-refractivity contribution in [1.29, 1.82) is 0 Å². The number of carbonyl (C=O) groups is 2. The fourth-order valence-corrected chi connectivity index (χ4v) is 5.02. The molecule has 39 heavy (non-hydrogen) atoms. The number of urea groups is 1. The maximum Gasteiger partial charge on any atom is 0.329 e. The van der Waals surface area contributed by atoms with E-state index in [9.17, 15) is 9.59 Å². The van der Waals surface area contributed by atoms with Crippen molar-refractivity contribution in [2.45, 2.75) is 44.7 Å². The number of hydrogen-bond donors (Lipinski definition) is 3. The highest BCUT2D eigenvalue weighted by atomic mass is 16.7. The molecule has 13 heteroatoms. The van der Waals surface area contributed by atoms with Crippen LogP contribution >= 0.6 is 0 Å². The zero-order valence-corrected chi connectivity index (χ0v) is 21.7. The van der Waals surface area contributed by atoms with E-state index in [4.69, 9.17) is 14.2 Å². The van der Waals surface area contributed by atoms with Gasteiger partial charge in [0.2, 0.25) is 0 Å². The third kappa shape index (κ3) is 5.36. The summed E-state index contributed by atoms with van der Waals surface area (Å²) in [4.78, 5) is 46.1. The number of pyridine rings is 2. The first-order valence-corrected chi connectivity index (χ1v) is 12.9. The first-order chi connectivity index (χ1) is 18.8. The van der Waals surface area contributed by atoms with Crippen LogP contribution in [0, 0.1) is 0 Å². The molecule has 0 radical (unpaired) electrons. The van der Waals surface area contributed by atoms with E-state index in [-0.39, 0.29) is 36.3 Å². The number of anilines is 3. The second-order valence-electron chi connectivity index (χ2n) is 10.1. The number of nitrogens with one attached hydrogen (secondary N) is 3. The van der Waals surface area contributed by atoms with Crippen molar-refractivity contribution >= 4 is 29.3 Å². The number of aromatic nitrogens is 4. The number of H-pyrrole nitrogens is 1. The maximum atomic E-state index is 13.6. The van der Waals surface area contributed by atoms with Gasteiger partial charge in [0, 0.05) is 37.7 Å². The molecule has 3 aliphatic rings. The van der Waals surface area contributed by atoms with Crippen molar-refractivity contribution < 1.29 is 23.8 Å². The monoisotopic (exact) mass is 534 g/mol. The number of hydrogen-bond acceptors (Lipinski definition) is 9. The third-order valence-electron chi connectivity index (χ3n) is 6.84. The van der Waals surface area contributed by atoms with E-state index >= 15 is 0 Å². The van der Waals surface area contributed by atoms with Gasteiger partial charge in [-0.05, 0) is 38.5 Å². The molecule has 3 N–H and O–H groups in total. The number of ether oxygens (including phenoxy) is 3. The smallest absolute Gasteiger partial charge is 0.329 e. The fraction of sp³-hybridized carbons (Fsp3) is 0.423. The number of aromatic amines is 1. The lowest BCUT2D eigenvalue weighted by molar-refractivity contribution is -0.141. The molecule has 6 heterocycles. The summed E-state index contributed by atoms with van der Waals surface area (Å²) < 4.78 is 17.2. The second kappa shape index (κ2) is 10.2. The van der Waals surface area contributed by atoms with E-state index in [1.54, 1.807) is 41.7 Å². The van der Waals surface area contributed by atoms with Gasteiger partial charge in [0.25, 0.3) is 5.91 Å². The quantitative estimate of drug-likeness (QED) is 0.415. The molecule has 0 aromatic carbocycles. The predicted molar refractivity (Wildman–Crippen MR) is 141 cm³/mol. The summed E-state index contributed by atoms with van der Waals surface area (Å²) in [5.41, 5.74) is 1.03. The van der Waals surface area contributed by atoms with Crippen LogP contribution in [-0.4, -0.2) is 76.1 Å². The van der Waals surface area contributed by atoms with Gasteiger partial charge in [0.15, 0.2) is 11.6 Å². The summed E-state index contributed by atoms with van der Waals surface area (Å²) in [6.07, 6.45) is 5.49. The minimum atomic E-state index is -0.625. The molecule has 204 valence electrons. The molecule has 2 saturated heterocycles. The summed E-state index contributed by atoms with van der Waals surface area (Å²) in [6.45, 7) is 6.23. The summed E-state index contributed by atoms with van der Waals surface area (Å²) in [5.74, 6) is 0.997. The number of rotatable bonds is 7. The van der Waals surface area contributed by atoms with E-state index in [2.05, 4.69) is 35.5 Å². The van der Waals surface area contributed by atoms with Gasteiger partial charge in [0.1, 0.15) is 35.8 Å². The molecule has 0 unspecified atom stereocenters. The van der Waals surface area contributed by atoms with E-state index in [1.807, 2.05) is 19.9 Å². The Bertz CT molecular complexity index is 1360. The SMILES string of the molecule is CC1(C)OC[C@H](COc2ccnc(NC(=O)N3c4nc(C(=O)NCc5ncc[nH]5)ccc4N4CC[C@H]3C4)c2)O1. The van der Waals surface area contributed by atoms with Gasteiger partial charge >= 0.3 is 6.03 Å². The first kappa shape index (κ1) is 25.1. The number of fused-ring (bicyclic) bond motifs is 4. The molecule has 3 aromatic rings. The Balaban J connectivity index is 1.16. The van der Waals surface area contributed by atoms with Crippen LogP contribution in [0.1, 0.15) is 36.6 Å². The second-order valence-corrected chi connectivity index (χ2v) is 10.1. The zero-order chi connectivity index (χ0) is 27.0. The summed E-state index contributed by atoms with van der Waals surface area (Å²) >= 11 is 0. The Labute approximate surface area is 224 Å². The van der Waals surface area contributed by atoms with Crippen molar-refractivity contribution in [2.75, 3.05) is 41.4 Å². The van der Waals surface area contributed by atoms with Gasteiger partial charge in [0.05, 0.1) is 24.9 Å². The van der Waals surface area contributed by atoms with Gasteiger partial charge in [-0.3, -0.25) is 15.0 Å². The lowest BCUT2D eigenvalue weighted by Crippen LogP contribution is -2.48. The van der Waals surface area contributed by atoms with Crippen LogP contribution in [0.3, 0.4) is 0 Å². The largest absolute Gasteiger partial charge is 0.491 e. The van der Waals surface area contributed by atoms with Crippen LogP contribution in [0.25, 0.3) is 0 Å². The number of imidazole rings is 1. The molecule has 3 aromatic heterocycles. The predicted octanol–water partition coefficient (Wildman–Crippen LogP) is 2.29.